The van der Waals surface area contributed by atoms with Crippen molar-refractivity contribution < 1.29 is 24.6 Å². The molecule has 1 aliphatic carbocycles. The Hall–Kier alpha value is -2.94. The van der Waals surface area contributed by atoms with Crippen LogP contribution in [0.2, 0.25) is 0 Å². The zero-order valence-corrected chi connectivity index (χ0v) is 25.3. The Morgan fingerprint density at radius 1 is 1.02 bits per heavy atom. The summed E-state index contributed by atoms with van der Waals surface area (Å²) in [4.78, 5) is 43.2. The summed E-state index contributed by atoms with van der Waals surface area (Å²) in [5.74, 6) is -1.13. The second kappa shape index (κ2) is 14.0. The predicted molar refractivity (Wildman–Crippen MR) is 164 cm³/mol. The van der Waals surface area contributed by atoms with E-state index in [1.807, 2.05) is 23.1 Å². The Morgan fingerprint density at radius 2 is 1.69 bits per heavy atom. The molecule has 8 nitrogen and oxygen atoms in total. The first kappa shape index (κ1) is 32.0. The minimum atomic E-state index is -0.946. The lowest BCUT2D eigenvalue weighted by atomic mass is 9.78. The standard InChI is InChI=1S/C33H43N3O5.ClH/c1-2-3-17-36-30(38)28(29(37)24-10-5-4-6-11-24)34-32(41)33(36)15-18-35(19-16-33)22-23-9-7-12-25(20-23)26-13-8-14-27(21-26)31(39)40;/h7-9,12-14,20-21,24,28-29,37H,2-6,10-11,15-19,22H2,1H3,(H,34,41)(H,39,40);1H/t28-,29-;/m1./s1. The molecule has 9 heteroatoms. The predicted octanol–water partition coefficient (Wildman–Crippen LogP) is 4.88. The molecule has 2 amide bonds. The van der Waals surface area contributed by atoms with Gasteiger partial charge in [0.15, 0.2) is 0 Å². The third kappa shape index (κ3) is 6.66. The lowest BCUT2D eigenvalue weighted by Gasteiger charge is -2.52. The van der Waals surface area contributed by atoms with Crippen LogP contribution < -0.4 is 5.32 Å². The van der Waals surface area contributed by atoms with Crippen molar-refractivity contribution in [1.82, 2.24) is 15.1 Å². The molecule has 1 spiro atoms. The summed E-state index contributed by atoms with van der Waals surface area (Å²) in [6, 6.07) is 14.2. The van der Waals surface area contributed by atoms with Crippen LogP contribution in [0.15, 0.2) is 48.5 Å². The molecule has 0 aromatic heterocycles. The van der Waals surface area contributed by atoms with Gasteiger partial charge in [-0.25, -0.2) is 4.79 Å². The van der Waals surface area contributed by atoms with E-state index in [-0.39, 0.29) is 35.7 Å². The number of unbranched alkanes of at least 4 members (excludes halogenated alkanes) is 1. The Morgan fingerprint density at radius 3 is 2.36 bits per heavy atom. The topological polar surface area (TPSA) is 110 Å². The summed E-state index contributed by atoms with van der Waals surface area (Å²) in [7, 11) is 0. The van der Waals surface area contributed by atoms with Crippen molar-refractivity contribution in [3.8, 4) is 11.1 Å². The van der Waals surface area contributed by atoms with Gasteiger partial charge in [-0.2, -0.15) is 0 Å². The molecule has 2 aromatic carbocycles. The second-order valence-electron chi connectivity index (χ2n) is 12.1. The summed E-state index contributed by atoms with van der Waals surface area (Å²) in [5.41, 5.74) is 2.32. The number of nitrogens with zero attached hydrogens (tertiary/aromatic N) is 2. The fraction of sp³-hybridized carbons (Fsp3) is 0.545. The minimum absolute atomic E-state index is 0. The van der Waals surface area contributed by atoms with Gasteiger partial charge >= 0.3 is 5.97 Å². The summed E-state index contributed by atoms with van der Waals surface area (Å²) >= 11 is 0. The van der Waals surface area contributed by atoms with E-state index in [1.54, 1.807) is 18.2 Å². The number of carboxylic acid groups (broad SMARTS) is 1. The molecule has 0 unspecified atom stereocenters. The smallest absolute Gasteiger partial charge is 0.335 e. The van der Waals surface area contributed by atoms with Gasteiger partial charge in [0, 0.05) is 26.2 Å². The summed E-state index contributed by atoms with van der Waals surface area (Å²) in [6.45, 7) is 4.68. The van der Waals surface area contributed by atoms with Gasteiger partial charge in [0.05, 0.1) is 11.7 Å². The molecule has 2 atom stereocenters. The monoisotopic (exact) mass is 597 g/mol. The molecule has 3 N–H and O–H groups in total. The highest BCUT2D eigenvalue weighted by Gasteiger charge is 2.55. The number of hydrogen-bond donors (Lipinski definition) is 3. The van der Waals surface area contributed by atoms with E-state index in [0.29, 0.717) is 39.0 Å². The van der Waals surface area contributed by atoms with Crippen molar-refractivity contribution in [2.24, 2.45) is 5.92 Å². The zero-order valence-electron chi connectivity index (χ0n) is 24.5. The molecule has 5 rings (SSSR count). The van der Waals surface area contributed by atoms with Crippen LogP contribution in [0.4, 0.5) is 0 Å². The summed E-state index contributed by atoms with van der Waals surface area (Å²) in [6.07, 6.45) is 7.13. The Bertz CT molecular complexity index is 1260. The maximum absolute atomic E-state index is 13.8. The van der Waals surface area contributed by atoms with Gasteiger partial charge in [-0.15, -0.1) is 12.4 Å². The number of hydrogen-bond acceptors (Lipinski definition) is 5. The highest BCUT2D eigenvalue weighted by molar-refractivity contribution is 6.00. The van der Waals surface area contributed by atoms with Gasteiger partial charge in [0.2, 0.25) is 11.8 Å². The quantitative estimate of drug-likeness (QED) is 0.380. The van der Waals surface area contributed by atoms with Gasteiger partial charge < -0.3 is 20.4 Å². The molecule has 42 heavy (non-hydrogen) atoms. The van der Waals surface area contributed by atoms with E-state index >= 15 is 0 Å². The normalized spacial score (nSPS) is 22.0. The van der Waals surface area contributed by atoms with Gasteiger partial charge in [-0.1, -0.05) is 62.9 Å². The molecular weight excluding hydrogens is 554 g/mol. The largest absolute Gasteiger partial charge is 0.478 e. The van der Waals surface area contributed by atoms with Gasteiger partial charge in [-0.3, -0.25) is 14.5 Å². The lowest BCUT2D eigenvalue weighted by molar-refractivity contribution is -0.166. The first-order valence-corrected chi connectivity index (χ1v) is 15.3. The minimum Gasteiger partial charge on any atom is -0.478 e. The molecule has 3 aliphatic rings. The molecule has 2 aromatic rings. The van der Waals surface area contributed by atoms with E-state index in [0.717, 1.165) is 55.2 Å². The lowest BCUT2D eigenvalue weighted by Crippen LogP contribution is -2.75. The fourth-order valence-corrected chi connectivity index (χ4v) is 6.98. The number of amides is 2. The van der Waals surface area contributed by atoms with Crippen LogP contribution in [0.3, 0.4) is 0 Å². The molecule has 228 valence electrons. The molecule has 3 fully saturated rings. The van der Waals surface area contributed by atoms with Crippen LogP contribution in [-0.2, 0) is 16.1 Å². The first-order chi connectivity index (χ1) is 19.8. The molecular formula is C33H44ClN3O5. The van der Waals surface area contributed by atoms with E-state index < -0.39 is 23.7 Å². The number of carbonyl (C=O) groups excluding carboxylic acids is 2. The average Bonchev–Trinajstić information content (AvgIpc) is 3.00. The third-order valence-corrected chi connectivity index (χ3v) is 9.43. The SMILES string of the molecule is CCCCN1C(=O)[C@@H]([C@H](O)C2CCCCC2)NC(=O)C12CCN(Cc1cccc(-c3cccc(C(=O)O)c3)c1)CC2.Cl. The fourth-order valence-electron chi connectivity index (χ4n) is 6.98. The van der Waals surface area contributed by atoms with Crippen molar-refractivity contribution in [2.75, 3.05) is 19.6 Å². The van der Waals surface area contributed by atoms with Gasteiger partial charge in [0.1, 0.15) is 11.6 Å². The highest BCUT2D eigenvalue weighted by Crippen LogP contribution is 2.36. The maximum atomic E-state index is 13.8. The van der Waals surface area contributed by atoms with Crippen LogP contribution >= 0.6 is 12.4 Å². The number of piperazine rings is 1. The summed E-state index contributed by atoms with van der Waals surface area (Å²) < 4.78 is 0. The Labute approximate surface area is 254 Å². The number of nitrogens with one attached hydrogen (secondary N) is 1. The van der Waals surface area contributed by atoms with Crippen LogP contribution in [-0.4, -0.2) is 75.1 Å². The zero-order chi connectivity index (χ0) is 29.0. The number of aliphatic hydroxyl groups is 1. The summed E-state index contributed by atoms with van der Waals surface area (Å²) in [5, 5.41) is 23.5. The molecule has 0 radical (unpaired) electrons. The Balaban J connectivity index is 0.00000405. The molecule has 2 aliphatic heterocycles. The van der Waals surface area contributed by atoms with Gasteiger partial charge in [-0.05, 0) is 72.9 Å². The van der Waals surface area contributed by atoms with Crippen LogP contribution in [0.5, 0.6) is 0 Å². The number of carbonyl (C=O) groups is 3. The van der Waals surface area contributed by atoms with E-state index in [1.165, 1.54) is 6.42 Å². The molecule has 1 saturated carbocycles. The molecule has 2 heterocycles. The van der Waals surface area contributed by atoms with Crippen molar-refractivity contribution in [3.63, 3.8) is 0 Å². The van der Waals surface area contributed by atoms with E-state index in [2.05, 4.69) is 29.3 Å². The van der Waals surface area contributed by atoms with Crippen molar-refractivity contribution >= 4 is 30.2 Å². The third-order valence-electron chi connectivity index (χ3n) is 9.43. The molecule has 2 saturated heterocycles. The highest BCUT2D eigenvalue weighted by atomic mass is 35.5. The van der Waals surface area contributed by atoms with Crippen molar-refractivity contribution in [2.45, 2.75) is 88.9 Å². The second-order valence-corrected chi connectivity index (χ2v) is 12.1. The number of aliphatic hydroxyl groups excluding tert-OH is 1. The van der Waals surface area contributed by atoms with E-state index in [9.17, 15) is 24.6 Å². The maximum Gasteiger partial charge on any atom is 0.335 e. The number of carboxylic acids is 1. The number of piperidine rings is 1. The average molecular weight is 598 g/mol. The Kier molecular flexibility index (Phi) is 10.7. The van der Waals surface area contributed by atoms with Crippen LogP contribution in [0.25, 0.3) is 11.1 Å². The number of aromatic carboxylic acids is 1. The molecule has 0 bridgehead atoms. The first-order valence-electron chi connectivity index (χ1n) is 15.3. The van der Waals surface area contributed by atoms with Crippen LogP contribution in [0, 0.1) is 5.92 Å². The van der Waals surface area contributed by atoms with Gasteiger partial charge in [0.25, 0.3) is 0 Å². The van der Waals surface area contributed by atoms with Crippen molar-refractivity contribution in [1.29, 1.82) is 0 Å². The van der Waals surface area contributed by atoms with E-state index in [4.69, 9.17) is 0 Å². The number of likely N-dealkylation sites (tertiary alicyclic amines) is 1. The number of halogens is 1. The van der Waals surface area contributed by atoms with Crippen molar-refractivity contribution in [3.05, 3.63) is 59.7 Å². The number of rotatable bonds is 9. The number of benzene rings is 2. The van der Waals surface area contributed by atoms with Crippen LogP contribution in [0.1, 0.15) is 80.6 Å².